The predicted molar refractivity (Wildman–Crippen MR) is 43.5 cm³/mol. The fourth-order valence-corrected chi connectivity index (χ4v) is 2.10. The smallest absolute Gasteiger partial charge is 0.282 e. The molecule has 0 aromatic rings. The van der Waals surface area contributed by atoms with Crippen LogP contribution >= 0.6 is 0 Å². The van der Waals surface area contributed by atoms with Crippen LogP contribution in [0.4, 0.5) is 8.78 Å². The molecule has 13 heavy (non-hydrogen) atoms. The average Bonchev–Trinajstić information content (AvgIpc) is 2.50. The van der Waals surface area contributed by atoms with Crippen LogP contribution in [0.15, 0.2) is 0 Å². The van der Waals surface area contributed by atoms with Crippen LogP contribution in [0.25, 0.3) is 0 Å². The van der Waals surface area contributed by atoms with E-state index in [1.54, 1.807) is 0 Å². The van der Waals surface area contributed by atoms with Gasteiger partial charge in [0, 0.05) is 5.92 Å². The van der Waals surface area contributed by atoms with Crippen LogP contribution in [0.2, 0.25) is 0 Å². The van der Waals surface area contributed by atoms with Gasteiger partial charge in [0.05, 0.1) is 13.1 Å². The number of hydrogen-bond donors (Lipinski definition) is 0. The lowest BCUT2D eigenvalue weighted by molar-refractivity contribution is -0.169. The summed E-state index contributed by atoms with van der Waals surface area (Å²) < 4.78 is 24.9. The summed E-state index contributed by atoms with van der Waals surface area (Å²) in [6.45, 7) is -0.718. The third-order valence-corrected chi connectivity index (χ3v) is 2.86. The fraction of sp³-hybridized carbons (Fsp3) is 0.889. The third kappa shape index (κ3) is 1.67. The van der Waals surface area contributed by atoms with E-state index >= 15 is 0 Å². The number of hydrogen-bond acceptors (Lipinski definition) is 1. The van der Waals surface area contributed by atoms with Crippen LogP contribution in [0.3, 0.4) is 0 Å². The quantitative estimate of drug-likeness (QED) is 0.614. The number of nitrogens with zero attached hydrogens (tertiary/aromatic N) is 1. The molecule has 2 nitrogen and oxygen atoms in total. The zero-order chi connectivity index (χ0) is 9.47. The highest BCUT2D eigenvalue weighted by molar-refractivity contribution is 5.80. The van der Waals surface area contributed by atoms with E-state index in [0.29, 0.717) is 0 Å². The van der Waals surface area contributed by atoms with Crippen LogP contribution in [0.1, 0.15) is 25.7 Å². The van der Waals surface area contributed by atoms with Crippen molar-refractivity contribution in [3.8, 4) is 0 Å². The maximum Gasteiger partial charge on any atom is 0.282 e. The second-order valence-electron chi connectivity index (χ2n) is 4.03. The molecule has 1 aliphatic heterocycles. The molecule has 0 spiro atoms. The molecule has 0 aromatic carbocycles. The van der Waals surface area contributed by atoms with Crippen LogP contribution < -0.4 is 0 Å². The van der Waals surface area contributed by atoms with E-state index in [4.69, 9.17) is 0 Å². The highest BCUT2D eigenvalue weighted by atomic mass is 19.3. The van der Waals surface area contributed by atoms with Gasteiger partial charge < -0.3 is 4.90 Å². The first kappa shape index (κ1) is 8.91. The van der Waals surface area contributed by atoms with Crippen molar-refractivity contribution in [2.45, 2.75) is 31.6 Å². The molecule has 0 radical (unpaired) electrons. The van der Waals surface area contributed by atoms with Crippen molar-refractivity contribution in [3.63, 3.8) is 0 Å². The Morgan fingerprint density at radius 1 is 1.23 bits per heavy atom. The normalized spacial score (nSPS) is 27.4. The van der Waals surface area contributed by atoms with Crippen LogP contribution in [-0.4, -0.2) is 29.8 Å². The molecular formula is C9H13F2NO. The summed E-state index contributed by atoms with van der Waals surface area (Å²) in [5.74, 6) is -2.63. The minimum absolute atomic E-state index is 0.0381. The largest absolute Gasteiger partial charge is 0.330 e. The average molecular weight is 189 g/mol. The summed E-state index contributed by atoms with van der Waals surface area (Å²) in [4.78, 5) is 12.8. The second-order valence-corrected chi connectivity index (χ2v) is 4.03. The maximum absolute atomic E-state index is 12.4. The summed E-state index contributed by atoms with van der Waals surface area (Å²) in [5, 5.41) is 0. The highest BCUT2D eigenvalue weighted by Crippen LogP contribution is 2.32. The zero-order valence-corrected chi connectivity index (χ0v) is 7.43. The molecule has 1 saturated heterocycles. The Hall–Kier alpha value is -0.670. The van der Waals surface area contributed by atoms with Crippen molar-refractivity contribution in [3.05, 3.63) is 0 Å². The lowest BCUT2D eigenvalue weighted by atomic mass is 10.0. The Labute approximate surface area is 75.9 Å². The SMILES string of the molecule is O=C(C1CCCC1)N1CC(F)(F)C1. The van der Waals surface area contributed by atoms with Gasteiger partial charge in [-0.3, -0.25) is 4.79 Å². The number of likely N-dealkylation sites (tertiary alicyclic amines) is 1. The monoisotopic (exact) mass is 189 g/mol. The lowest BCUT2D eigenvalue weighted by Gasteiger charge is -2.40. The van der Waals surface area contributed by atoms with Crippen molar-refractivity contribution in [1.29, 1.82) is 0 Å². The molecule has 1 heterocycles. The van der Waals surface area contributed by atoms with Gasteiger partial charge in [0.15, 0.2) is 0 Å². The topological polar surface area (TPSA) is 20.3 Å². The van der Waals surface area contributed by atoms with Gasteiger partial charge in [0.2, 0.25) is 5.91 Å². The minimum atomic E-state index is -2.62. The van der Waals surface area contributed by atoms with Gasteiger partial charge in [-0.1, -0.05) is 12.8 Å². The summed E-state index contributed by atoms with van der Waals surface area (Å²) in [7, 11) is 0. The van der Waals surface area contributed by atoms with Gasteiger partial charge in [-0.05, 0) is 12.8 Å². The molecule has 0 atom stereocenters. The number of rotatable bonds is 1. The second kappa shape index (κ2) is 2.93. The lowest BCUT2D eigenvalue weighted by Crippen LogP contribution is -2.59. The van der Waals surface area contributed by atoms with Crippen molar-refractivity contribution < 1.29 is 13.6 Å². The Morgan fingerprint density at radius 2 is 1.77 bits per heavy atom. The Bertz CT molecular complexity index is 216. The van der Waals surface area contributed by atoms with E-state index in [-0.39, 0.29) is 24.9 Å². The van der Waals surface area contributed by atoms with E-state index in [1.165, 1.54) is 4.90 Å². The molecule has 2 fully saturated rings. The van der Waals surface area contributed by atoms with Gasteiger partial charge in [0.25, 0.3) is 5.92 Å². The van der Waals surface area contributed by atoms with E-state index in [0.717, 1.165) is 25.7 Å². The molecular weight excluding hydrogens is 176 g/mol. The Morgan fingerprint density at radius 3 is 2.23 bits per heavy atom. The van der Waals surface area contributed by atoms with Crippen LogP contribution in [0.5, 0.6) is 0 Å². The first-order valence-corrected chi connectivity index (χ1v) is 4.75. The number of alkyl halides is 2. The van der Waals surface area contributed by atoms with Crippen molar-refractivity contribution in [2.75, 3.05) is 13.1 Å². The van der Waals surface area contributed by atoms with E-state index in [1.807, 2.05) is 0 Å². The first-order chi connectivity index (χ1) is 6.08. The molecule has 1 amide bonds. The molecule has 2 rings (SSSR count). The van der Waals surface area contributed by atoms with E-state index in [2.05, 4.69) is 0 Å². The highest BCUT2D eigenvalue weighted by Gasteiger charge is 2.47. The predicted octanol–water partition coefficient (Wildman–Crippen LogP) is 1.65. The molecule has 0 unspecified atom stereocenters. The minimum Gasteiger partial charge on any atom is -0.330 e. The molecule has 0 N–H and O–H groups in total. The number of carbonyl (C=O) groups is 1. The fourth-order valence-electron chi connectivity index (χ4n) is 2.10. The molecule has 1 saturated carbocycles. The molecule has 4 heteroatoms. The van der Waals surface area contributed by atoms with Gasteiger partial charge >= 0.3 is 0 Å². The first-order valence-electron chi connectivity index (χ1n) is 4.75. The molecule has 0 bridgehead atoms. The van der Waals surface area contributed by atoms with Crippen LogP contribution in [-0.2, 0) is 4.79 Å². The van der Waals surface area contributed by atoms with E-state index in [9.17, 15) is 13.6 Å². The van der Waals surface area contributed by atoms with Gasteiger partial charge in [-0.25, -0.2) is 8.78 Å². The third-order valence-electron chi connectivity index (χ3n) is 2.86. The molecule has 74 valence electrons. The van der Waals surface area contributed by atoms with E-state index < -0.39 is 5.92 Å². The van der Waals surface area contributed by atoms with Gasteiger partial charge in [-0.15, -0.1) is 0 Å². The maximum atomic E-state index is 12.4. The standard InChI is InChI=1S/C9H13F2NO/c10-9(11)5-12(6-9)8(13)7-3-1-2-4-7/h7H,1-6H2. The van der Waals surface area contributed by atoms with Gasteiger partial charge in [0.1, 0.15) is 0 Å². The van der Waals surface area contributed by atoms with Gasteiger partial charge in [-0.2, -0.15) is 0 Å². The number of halogens is 2. The molecule has 1 aliphatic carbocycles. The summed E-state index contributed by atoms with van der Waals surface area (Å²) in [5.41, 5.74) is 0. The summed E-state index contributed by atoms with van der Waals surface area (Å²) >= 11 is 0. The molecule has 2 aliphatic rings. The Kier molecular flexibility index (Phi) is 2.00. The summed E-state index contributed by atoms with van der Waals surface area (Å²) in [6, 6.07) is 0. The van der Waals surface area contributed by atoms with Crippen molar-refractivity contribution in [1.82, 2.24) is 4.90 Å². The Balaban J connectivity index is 1.85. The van der Waals surface area contributed by atoms with Crippen molar-refractivity contribution >= 4 is 5.91 Å². The zero-order valence-electron chi connectivity index (χ0n) is 7.43. The molecule has 0 aromatic heterocycles. The van der Waals surface area contributed by atoms with Crippen molar-refractivity contribution in [2.24, 2.45) is 5.92 Å². The number of carbonyl (C=O) groups excluding carboxylic acids is 1. The summed E-state index contributed by atoms with van der Waals surface area (Å²) in [6.07, 6.45) is 3.92. The van der Waals surface area contributed by atoms with Crippen LogP contribution in [0, 0.1) is 5.92 Å². The number of amides is 1.